The molecule has 0 atom stereocenters. The van der Waals surface area contributed by atoms with Gasteiger partial charge in [-0.3, -0.25) is 9.59 Å². The fourth-order valence-corrected chi connectivity index (χ4v) is 3.48. The summed E-state index contributed by atoms with van der Waals surface area (Å²) in [6.07, 6.45) is 0. The van der Waals surface area contributed by atoms with Crippen LogP contribution in [0.3, 0.4) is 0 Å². The quantitative estimate of drug-likeness (QED) is 0.683. The molecule has 1 N–H and O–H groups in total. The SMILES string of the molecule is O=C(O)Cn1/c(=N/C(=O)c2cccc(Cl)c2)sc2c(F)c(F)c(F)cc21. The van der Waals surface area contributed by atoms with Gasteiger partial charge in [0.1, 0.15) is 6.54 Å². The van der Waals surface area contributed by atoms with Crippen molar-refractivity contribution < 1.29 is 27.9 Å². The molecule has 0 saturated heterocycles. The molecule has 3 rings (SSSR count). The molecule has 0 radical (unpaired) electrons. The van der Waals surface area contributed by atoms with E-state index in [2.05, 4.69) is 4.99 Å². The van der Waals surface area contributed by atoms with E-state index in [9.17, 15) is 22.8 Å². The number of rotatable bonds is 3. The Balaban J connectivity index is 2.26. The highest BCUT2D eigenvalue weighted by Gasteiger charge is 2.20. The van der Waals surface area contributed by atoms with E-state index in [1.807, 2.05) is 0 Å². The molecule has 0 aliphatic heterocycles. The molecule has 26 heavy (non-hydrogen) atoms. The maximum atomic E-state index is 14.0. The topological polar surface area (TPSA) is 71.7 Å². The van der Waals surface area contributed by atoms with Gasteiger partial charge in [-0.05, 0) is 18.2 Å². The van der Waals surface area contributed by atoms with Crippen LogP contribution in [0.5, 0.6) is 0 Å². The molecule has 0 bridgehead atoms. The summed E-state index contributed by atoms with van der Waals surface area (Å²) in [6.45, 7) is -0.716. The number of benzene rings is 2. The molecule has 1 aromatic heterocycles. The average molecular weight is 401 g/mol. The zero-order chi connectivity index (χ0) is 19.0. The summed E-state index contributed by atoms with van der Waals surface area (Å²) in [5.74, 6) is -6.72. The van der Waals surface area contributed by atoms with Crippen molar-refractivity contribution in [2.75, 3.05) is 0 Å². The molecule has 2 aromatic carbocycles. The highest BCUT2D eigenvalue weighted by molar-refractivity contribution is 7.16. The van der Waals surface area contributed by atoms with Crippen LogP contribution in [0.15, 0.2) is 35.3 Å². The Bertz CT molecular complexity index is 1120. The third-order valence-electron chi connectivity index (χ3n) is 3.38. The van der Waals surface area contributed by atoms with E-state index in [4.69, 9.17) is 16.7 Å². The number of fused-ring (bicyclic) bond motifs is 1. The fraction of sp³-hybridized carbons (Fsp3) is 0.0625. The van der Waals surface area contributed by atoms with Crippen LogP contribution in [-0.4, -0.2) is 21.6 Å². The fourth-order valence-electron chi connectivity index (χ4n) is 2.26. The van der Waals surface area contributed by atoms with Crippen molar-refractivity contribution in [3.63, 3.8) is 0 Å². The number of aromatic nitrogens is 1. The highest BCUT2D eigenvalue weighted by Crippen LogP contribution is 2.25. The zero-order valence-corrected chi connectivity index (χ0v) is 14.2. The first-order chi connectivity index (χ1) is 12.3. The minimum atomic E-state index is -1.69. The third kappa shape index (κ3) is 3.35. The van der Waals surface area contributed by atoms with Crippen LogP contribution in [0.2, 0.25) is 5.02 Å². The van der Waals surface area contributed by atoms with E-state index in [-0.39, 0.29) is 25.6 Å². The van der Waals surface area contributed by atoms with Gasteiger partial charge in [0.15, 0.2) is 22.3 Å². The van der Waals surface area contributed by atoms with Gasteiger partial charge in [-0.2, -0.15) is 4.99 Å². The van der Waals surface area contributed by atoms with Crippen molar-refractivity contribution in [3.8, 4) is 0 Å². The van der Waals surface area contributed by atoms with Gasteiger partial charge in [-0.15, -0.1) is 0 Å². The normalized spacial score (nSPS) is 11.9. The van der Waals surface area contributed by atoms with Crippen LogP contribution in [0.25, 0.3) is 10.2 Å². The molecule has 10 heteroatoms. The van der Waals surface area contributed by atoms with Crippen molar-refractivity contribution >= 4 is 45.0 Å². The minimum absolute atomic E-state index is 0.120. The zero-order valence-electron chi connectivity index (χ0n) is 12.7. The second-order valence-corrected chi connectivity index (χ2v) is 6.54. The smallest absolute Gasteiger partial charge is 0.323 e. The van der Waals surface area contributed by atoms with Crippen molar-refractivity contribution in [2.24, 2.45) is 4.99 Å². The van der Waals surface area contributed by atoms with Gasteiger partial charge in [-0.1, -0.05) is 29.0 Å². The maximum absolute atomic E-state index is 14.0. The number of amides is 1. The summed E-state index contributed by atoms with van der Waals surface area (Å²) in [5, 5.41) is 9.32. The second-order valence-electron chi connectivity index (χ2n) is 5.13. The van der Waals surface area contributed by atoms with Crippen molar-refractivity contribution in [3.05, 3.63) is 63.2 Å². The molecule has 0 aliphatic carbocycles. The minimum Gasteiger partial charge on any atom is -0.480 e. The lowest BCUT2D eigenvalue weighted by Crippen LogP contribution is -2.21. The Hall–Kier alpha value is -2.65. The number of nitrogens with zero attached hydrogens (tertiary/aromatic N) is 2. The van der Waals surface area contributed by atoms with E-state index in [1.165, 1.54) is 18.2 Å². The number of hydrogen-bond donors (Lipinski definition) is 1. The first-order valence-electron chi connectivity index (χ1n) is 7.01. The lowest BCUT2D eigenvalue weighted by atomic mass is 10.2. The molecular formula is C16H8ClF3N2O3S. The standard InChI is InChI=1S/C16H8ClF3N2O3S/c17-8-3-1-2-7(4-8)15(25)21-16-22(6-11(23)24)10-5-9(18)12(19)13(20)14(10)26-16/h1-5H,6H2,(H,23,24)/b21-16-. The van der Waals surface area contributed by atoms with E-state index in [0.29, 0.717) is 17.4 Å². The van der Waals surface area contributed by atoms with Crippen LogP contribution in [0.1, 0.15) is 10.4 Å². The van der Waals surface area contributed by atoms with Crippen molar-refractivity contribution in [1.29, 1.82) is 0 Å². The van der Waals surface area contributed by atoms with Gasteiger partial charge in [0, 0.05) is 16.7 Å². The summed E-state index contributed by atoms with van der Waals surface area (Å²) in [6, 6.07) is 6.51. The number of carbonyl (C=O) groups excluding carboxylic acids is 1. The Morgan fingerprint density at radius 3 is 2.58 bits per heavy atom. The van der Waals surface area contributed by atoms with Gasteiger partial charge in [-0.25, -0.2) is 13.2 Å². The van der Waals surface area contributed by atoms with Gasteiger partial charge < -0.3 is 9.67 Å². The summed E-state index contributed by atoms with van der Waals surface area (Å²) in [5.41, 5.74) is -0.0962. The molecule has 5 nitrogen and oxygen atoms in total. The number of carboxylic acids is 1. The number of thiazole rings is 1. The predicted molar refractivity (Wildman–Crippen MR) is 88.7 cm³/mol. The monoisotopic (exact) mass is 400 g/mol. The lowest BCUT2D eigenvalue weighted by molar-refractivity contribution is -0.137. The number of halogens is 4. The molecule has 0 fully saturated rings. The maximum Gasteiger partial charge on any atom is 0.323 e. The summed E-state index contributed by atoms with van der Waals surface area (Å²) < 4.78 is 41.6. The van der Waals surface area contributed by atoms with E-state index in [0.717, 1.165) is 4.57 Å². The van der Waals surface area contributed by atoms with Crippen LogP contribution < -0.4 is 4.80 Å². The Morgan fingerprint density at radius 1 is 1.19 bits per heavy atom. The van der Waals surface area contributed by atoms with Crippen LogP contribution in [0, 0.1) is 17.5 Å². The first kappa shape index (κ1) is 18.2. The van der Waals surface area contributed by atoms with Gasteiger partial charge in [0.25, 0.3) is 5.91 Å². The van der Waals surface area contributed by atoms with Gasteiger partial charge >= 0.3 is 5.97 Å². The van der Waals surface area contributed by atoms with E-state index < -0.39 is 35.9 Å². The Labute approximate surface area is 152 Å². The third-order valence-corrected chi connectivity index (χ3v) is 4.70. The lowest BCUT2D eigenvalue weighted by Gasteiger charge is -2.02. The van der Waals surface area contributed by atoms with E-state index in [1.54, 1.807) is 6.07 Å². The summed E-state index contributed by atoms with van der Waals surface area (Å²) in [4.78, 5) is 26.9. The number of aliphatic carboxylic acids is 1. The van der Waals surface area contributed by atoms with Crippen LogP contribution in [-0.2, 0) is 11.3 Å². The molecule has 134 valence electrons. The molecule has 1 heterocycles. The largest absolute Gasteiger partial charge is 0.480 e. The van der Waals surface area contributed by atoms with E-state index >= 15 is 0 Å². The van der Waals surface area contributed by atoms with Gasteiger partial charge in [0.05, 0.1) is 10.2 Å². The number of carboxylic acid groups (broad SMARTS) is 1. The summed E-state index contributed by atoms with van der Waals surface area (Å²) in [7, 11) is 0. The number of carbonyl (C=O) groups is 2. The van der Waals surface area contributed by atoms with Crippen LogP contribution >= 0.6 is 22.9 Å². The molecule has 0 saturated carbocycles. The number of hydrogen-bond acceptors (Lipinski definition) is 3. The Kier molecular flexibility index (Phi) is 4.84. The molecule has 0 aliphatic rings. The first-order valence-corrected chi connectivity index (χ1v) is 8.20. The molecule has 0 unspecified atom stereocenters. The summed E-state index contributed by atoms with van der Waals surface area (Å²) >= 11 is 6.34. The average Bonchev–Trinajstić information content (AvgIpc) is 2.90. The van der Waals surface area contributed by atoms with Gasteiger partial charge in [0.2, 0.25) is 0 Å². The highest BCUT2D eigenvalue weighted by atomic mass is 35.5. The Morgan fingerprint density at radius 2 is 1.92 bits per heavy atom. The molecular weight excluding hydrogens is 393 g/mol. The second kappa shape index (κ2) is 6.93. The predicted octanol–water partition coefficient (Wildman–Crippen LogP) is 3.60. The van der Waals surface area contributed by atoms with Crippen molar-refractivity contribution in [1.82, 2.24) is 4.57 Å². The molecule has 0 spiro atoms. The van der Waals surface area contributed by atoms with Crippen molar-refractivity contribution in [2.45, 2.75) is 6.54 Å². The molecule has 1 amide bonds. The van der Waals surface area contributed by atoms with Crippen LogP contribution in [0.4, 0.5) is 13.2 Å². The molecule has 3 aromatic rings.